The van der Waals surface area contributed by atoms with Gasteiger partial charge in [0, 0.05) is 0 Å². The van der Waals surface area contributed by atoms with E-state index < -0.39 is 6.10 Å². The molecule has 0 bridgehead atoms. The number of hydrogen-bond acceptors (Lipinski definition) is 4. The van der Waals surface area contributed by atoms with Gasteiger partial charge in [0.1, 0.15) is 29.7 Å². The molecule has 2 aromatic carbocycles. The van der Waals surface area contributed by atoms with E-state index in [1.54, 1.807) is 38.3 Å². The number of carbonyl (C=O) groups is 1. The molecule has 2 rings (SSSR count). The molecule has 0 spiro atoms. The topological polar surface area (TPSA) is 56.8 Å². The van der Waals surface area contributed by atoms with Crippen LogP contribution in [-0.4, -0.2) is 32.3 Å². The maximum Gasteiger partial charge on any atom is 0.260 e. The van der Waals surface area contributed by atoms with Crippen molar-refractivity contribution in [1.82, 2.24) is 5.32 Å². The molecule has 2 aromatic rings. The normalized spacial score (nSPS) is 11.5. The van der Waals surface area contributed by atoms with Crippen LogP contribution in [0.3, 0.4) is 0 Å². The largest absolute Gasteiger partial charge is 0.497 e. The predicted molar refractivity (Wildman–Crippen MR) is 88.0 cm³/mol. The quantitative estimate of drug-likeness (QED) is 0.755. The van der Waals surface area contributed by atoms with Gasteiger partial charge < -0.3 is 19.5 Å². The Morgan fingerprint density at radius 3 is 2.25 bits per heavy atom. The molecule has 0 fully saturated rings. The summed E-state index contributed by atoms with van der Waals surface area (Å²) in [6.07, 6.45) is -0.684. The van der Waals surface area contributed by atoms with Crippen molar-refractivity contribution < 1.29 is 23.4 Å². The molecule has 24 heavy (non-hydrogen) atoms. The lowest BCUT2D eigenvalue weighted by atomic mass is 10.3. The molecule has 0 aliphatic rings. The van der Waals surface area contributed by atoms with Crippen molar-refractivity contribution in [3.63, 3.8) is 0 Å². The molecule has 0 aliphatic heterocycles. The van der Waals surface area contributed by atoms with Crippen LogP contribution in [0.5, 0.6) is 17.2 Å². The Morgan fingerprint density at radius 1 is 1.04 bits per heavy atom. The van der Waals surface area contributed by atoms with E-state index in [9.17, 15) is 9.18 Å². The number of halogens is 1. The lowest BCUT2D eigenvalue weighted by molar-refractivity contribution is -0.127. The zero-order chi connectivity index (χ0) is 17.4. The van der Waals surface area contributed by atoms with Gasteiger partial charge in [0.25, 0.3) is 5.91 Å². The Bertz CT molecular complexity index is 643. The van der Waals surface area contributed by atoms with E-state index in [1.807, 2.05) is 0 Å². The van der Waals surface area contributed by atoms with E-state index in [4.69, 9.17) is 14.2 Å². The molecule has 0 aromatic heterocycles. The van der Waals surface area contributed by atoms with Gasteiger partial charge in [0.05, 0.1) is 13.7 Å². The van der Waals surface area contributed by atoms with Gasteiger partial charge >= 0.3 is 0 Å². The fourth-order valence-corrected chi connectivity index (χ4v) is 1.93. The first-order valence-corrected chi connectivity index (χ1v) is 7.55. The standard InChI is InChI=1S/C18H20FNO4/c1-13(24-17-5-3-14(19)4-6-17)18(21)20-11-12-23-16-9-7-15(22-2)8-10-16/h3-10,13H,11-12H2,1-2H3,(H,20,21). The van der Waals surface area contributed by atoms with Crippen molar-refractivity contribution in [2.75, 3.05) is 20.3 Å². The molecule has 128 valence electrons. The van der Waals surface area contributed by atoms with Gasteiger partial charge in [-0.05, 0) is 55.5 Å². The lowest BCUT2D eigenvalue weighted by Crippen LogP contribution is -2.38. The van der Waals surface area contributed by atoms with Gasteiger partial charge in [-0.3, -0.25) is 4.79 Å². The zero-order valence-corrected chi connectivity index (χ0v) is 13.6. The first kappa shape index (κ1) is 17.6. The summed E-state index contributed by atoms with van der Waals surface area (Å²) in [7, 11) is 1.60. The minimum atomic E-state index is -0.684. The third-order valence-corrected chi connectivity index (χ3v) is 3.23. The van der Waals surface area contributed by atoms with Gasteiger partial charge in [-0.1, -0.05) is 0 Å². The molecular weight excluding hydrogens is 313 g/mol. The summed E-state index contributed by atoms with van der Waals surface area (Å²) >= 11 is 0. The van der Waals surface area contributed by atoms with Crippen LogP contribution in [-0.2, 0) is 4.79 Å². The Labute approximate surface area is 140 Å². The van der Waals surface area contributed by atoms with Crippen molar-refractivity contribution >= 4 is 5.91 Å². The highest BCUT2D eigenvalue weighted by Crippen LogP contribution is 2.16. The lowest BCUT2D eigenvalue weighted by Gasteiger charge is -2.15. The van der Waals surface area contributed by atoms with Crippen LogP contribution in [0.1, 0.15) is 6.92 Å². The first-order valence-electron chi connectivity index (χ1n) is 7.55. The number of hydrogen-bond donors (Lipinski definition) is 1. The number of carbonyl (C=O) groups excluding carboxylic acids is 1. The summed E-state index contributed by atoms with van der Waals surface area (Å²) in [4.78, 5) is 11.9. The van der Waals surface area contributed by atoms with E-state index in [-0.39, 0.29) is 11.7 Å². The van der Waals surface area contributed by atoms with Gasteiger partial charge in [0.15, 0.2) is 6.10 Å². The average molecular weight is 333 g/mol. The maximum absolute atomic E-state index is 12.8. The third kappa shape index (κ3) is 5.46. The first-order chi connectivity index (χ1) is 11.6. The van der Waals surface area contributed by atoms with Crippen LogP contribution in [0.25, 0.3) is 0 Å². The predicted octanol–water partition coefficient (Wildman–Crippen LogP) is 2.80. The highest BCUT2D eigenvalue weighted by molar-refractivity contribution is 5.80. The SMILES string of the molecule is COc1ccc(OCCNC(=O)C(C)Oc2ccc(F)cc2)cc1. The highest BCUT2D eigenvalue weighted by Gasteiger charge is 2.14. The maximum atomic E-state index is 12.8. The van der Waals surface area contributed by atoms with Gasteiger partial charge in [-0.25, -0.2) is 4.39 Å². The molecule has 1 atom stereocenters. The van der Waals surface area contributed by atoms with E-state index in [0.717, 1.165) is 5.75 Å². The van der Waals surface area contributed by atoms with Gasteiger partial charge in [0.2, 0.25) is 0 Å². The van der Waals surface area contributed by atoms with Crippen LogP contribution in [0, 0.1) is 5.82 Å². The monoisotopic (exact) mass is 333 g/mol. The Kier molecular flexibility index (Phi) is 6.42. The number of rotatable bonds is 8. The third-order valence-electron chi connectivity index (χ3n) is 3.23. The molecule has 0 saturated heterocycles. The minimum Gasteiger partial charge on any atom is -0.497 e. The van der Waals surface area contributed by atoms with Crippen molar-refractivity contribution in [3.05, 3.63) is 54.3 Å². The summed E-state index contributed by atoms with van der Waals surface area (Å²) < 4.78 is 28.8. The average Bonchev–Trinajstić information content (AvgIpc) is 2.61. The molecule has 0 heterocycles. The fourth-order valence-electron chi connectivity index (χ4n) is 1.93. The highest BCUT2D eigenvalue weighted by atomic mass is 19.1. The van der Waals surface area contributed by atoms with Crippen LogP contribution in [0.15, 0.2) is 48.5 Å². The molecule has 5 nitrogen and oxygen atoms in total. The van der Waals surface area contributed by atoms with Gasteiger partial charge in [-0.2, -0.15) is 0 Å². The summed E-state index contributed by atoms with van der Waals surface area (Å²) in [5, 5.41) is 2.72. The van der Waals surface area contributed by atoms with Crippen LogP contribution in [0.4, 0.5) is 4.39 Å². The molecular formula is C18H20FNO4. The molecule has 0 aliphatic carbocycles. The molecule has 1 amide bonds. The number of ether oxygens (including phenoxy) is 3. The summed E-state index contributed by atoms with van der Waals surface area (Å²) in [6, 6.07) is 12.7. The Hall–Kier alpha value is -2.76. The van der Waals surface area contributed by atoms with E-state index in [2.05, 4.69) is 5.32 Å². The second-order valence-electron chi connectivity index (χ2n) is 5.03. The number of amides is 1. The number of methoxy groups -OCH3 is 1. The summed E-state index contributed by atoms with van der Waals surface area (Å²) in [5.74, 6) is 1.27. The van der Waals surface area contributed by atoms with Crippen LogP contribution < -0.4 is 19.5 Å². The van der Waals surface area contributed by atoms with Crippen LogP contribution >= 0.6 is 0 Å². The molecule has 1 unspecified atom stereocenters. The number of benzene rings is 2. The summed E-state index contributed by atoms with van der Waals surface area (Å²) in [6.45, 7) is 2.31. The van der Waals surface area contributed by atoms with Gasteiger partial charge in [-0.15, -0.1) is 0 Å². The minimum absolute atomic E-state index is 0.266. The fraction of sp³-hybridized carbons (Fsp3) is 0.278. The van der Waals surface area contributed by atoms with E-state index in [0.29, 0.717) is 24.7 Å². The molecule has 1 N–H and O–H groups in total. The summed E-state index contributed by atoms with van der Waals surface area (Å²) in [5.41, 5.74) is 0. The smallest absolute Gasteiger partial charge is 0.260 e. The van der Waals surface area contributed by atoms with Crippen molar-refractivity contribution in [2.24, 2.45) is 0 Å². The van der Waals surface area contributed by atoms with Crippen molar-refractivity contribution in [2.45, 2.75) is 13.0 Å². The van der Waals surface area contributed by atoms with Crippen molar-refractivity contribution in [3.8, 4) is 17.2 Å². The van der Waals surface area contributed by atoms with E-state index >= 15 is 0 Å². The second-order valence-corrected chi connectivity index (χ2v) is 5.03. The zero-order valence-electron chi connectivity index (χ0n) is 13.6. The van der Waals surface area contributed by atoms with Crippen LogP contribution in [0.2, 0.25) is 0 Å². The second kappa shape index (κ2) is 8.76. The van der Waals surface area contributed by atoms with E-state index in [1.165, 1.54) is 24.3 Å². The molecule has 0 saturated carbocycles. The van der Waals surface area contributed by atoms with Crippen molar-refractivity contribution in [1.29, 1.82) is 0 Å². The number of nitrogens with one attached hydrogen (secondary N) is 1. The Morgan fingerprint density at radius 2 is 1.62 bits per heavy atom. The Balaban J connectivity index is 1.69. The molecule has 0 radical (unpaired) electrons. The molecule has 6 heteroatoms.